The molecule has 10 nitrogen and oxygen atoms in total. The number of likely N-dealkylation sites (tertiary alicyclic amines) is 2. The molecule has 1 atom stereocenters. The third-order valence-electron chi connectivity index (χ3n) is 6.39. The van der Waals surface area contributed by atoms with Crippen molar-refractivity contribution in [1.82, 2.24) is 25.4 Å². The fourth-order valence-corrected chi connectivity index (χ4v) is 4.21. The van der Waals surface area contributed by atoms with Crippen molar-refractivity contribution in [3.63, 3.8) is 0 Å². The largest absolute Gasteiger partial charge is 0.444 e. The fraction of sp³-hybridized carbons (Fsp3) is 0.690. The molecule has 3 rings (SSSR count). The summed E-state index contributed by atoms with van der Waals surface area (Å²) in [7, 11) is 1.90. The van der Waals surface area contributed by atoms with Crippen LogP contribution in [0, 0.1) is 0 Å². The smallest absolute Gasteiger partial charge is 0.408 e. The molecule has 2 N–H and O–H groups in total. The number of amides is 3. The molecule has 0 saturated carbocycles. The molecular formula is C29H49N5O5. The van der Waals surface area contributed by atoms with E-state index in [0.29, 0.717) is 25.9 Å². The van der Waals surface area contributed by atoms with Gasteiger partial charge in [0.2, 0.25) is 12.3 Å². The van der Waals surface area contributed by atoms with Gasteiger partial charge < -0.3 is 30.0 Å². The molecular weight excluding hydrogens is 498 g/mol. The maximum Gasteiger partial charge on any atom is 0.408 e. The normalized spacial score (nSPS) is 16.4. The van der Waals surface area contributed by atoms with Gasteiger partial charge >= 0.3 is 6.09 Å². The lowest BCUT2D eigenvalue weighted by atomic mass is 9.86. The highest BCUT2D eigenvalue weighted by Crippen LogP contribution is 2.28. The first-order chi connectivity index (χ1) is 18.6. The number of aromatic nitrogens is 1. The molecule has 2 aliphatic heterocycles. The van der Waals surface area contributed by atoms with Crippen LogP contribution in [0.4, 0.5) is 4.79 Å². The number of carbonyl (C=O) groups is 4. The molecule has 2 saturated heterocycles. The summed E-state index contributed by atoms with van der Waals surface area (Å²) in [6, 6.07) is 5.38. The standard InChI is InChI=1S/C15H28N2O3.C10H13N3O.C4H8O/c1-5-6-9-12(13(18)17-10-7-8-11-17)16-14(19)20-15(2,3)4;1-11-10(6-13(7-10)8-14)9-4-2-3-5-12-9;1-2-3-4-5/h12H,5-11H2,1-4H3,(H,16,19);2-5,8,11H,6-7H2,1H3;4H,2-3H2,1H3/t12-;;/m0../s1. The highest BCUT2D eigenvalue weighted by Gasteiger charge is 2.43. The van der Waals surface area contributed by atoms with Crippen molar-refractivity contribution in [2.75, 3.05) is 33.2 Å². The van der Waals surface area contributed by atoms with Gasteiger partial charge in [-0.05, 0) is 65.6 Å². The molecule has 0 aromatic carbocycles. The van der Waals surface area contributed by atoms with E-state index in [0.717, 1.165) is 63.6 Å². The van der Waals surface area contributed by atoms with Crippen molar-refractivity contribution >= 4 is 24.7 Å². The van der Waals surface area contributed by atoms with Crippen LogP contribution in [0.1, 0.15) is 85.3 Å². The number of nitrogens with zero attached hydrogens (tertiary/aromatic N) is 3. The number of hydrogen-bond donors (Lipinski definition) is 2. The van der Waals surface area contributed by atoms with Crippen LogP contribution < -0.4 is 10.6 Å². The molecule has 2 aliphatic rings. The van der Waals surface area contributed by atoms with E-state index in [-0.39, 0.29) is 11.4 Å². The zero-order valence-corrected chi connectivity index (χ0v) is 24.7. The number of hydrogen-bond acceptors (Lipinski definition) is 7. The molecule has 220 valence electrons. The lowest BCUT2D eigenvalue weighted by Crippen LogP contribution is -2.65. The molecule has 0 radical (unpaired) electrons. The molecule has 1 aromatic rings. The number of likely N-dealkylation sites (N-methyl/N-ethyl adjacent to an activating group) is 1. The SMILES string of the molecule is CCCC=O.CCCC[C@H](NC(=O)OC(C)(C)C)C(=O)N1CCCC1.CNC1(c2ccccn2)CN(C=O)C1. The van der Waals surface area contributed by atoms with Gasteiger partial charge in [0, 0.05) is 38.8 Å². The number of nitrogens with one attached hydrogen (secondary N) is 2. The zero-order chi connectivity index (χ0) is 29.3. The highest BCUT2D eigenvalue weighted by molar-refractivity contribution is 5.85. The summed E-state index contributed by atoms with van der Waals surface area (Å²) in [5.41, 5.74) is 0.318. The molecule has 0 bridgehead atoms. The number of alkyl carbamates (subject to hydrolysis) is 1. The van der Waals surface area contributed by atoms with Gasteiger partial charge in [0.15, 0.2) is 0 Å². The summed E-state index contributed by atoms with van der Waals surface area (Å²) in [4.78, 5) is 52.0. The third kappa shape index (κ3) is 12.1. The van der Waals surface area contributed by atoms with Gasteiger partial charge in [-0.25, -0.2) is 4.79 Å². The van der Waals surface area contributed by atoms with Gasteiger partial charge in [-0.3, -0.25) is 14.6 Å². The van der Waals surface area contributed by atoms with Crippen LogP contribution in [0.2, 0.25) is 0 Å². The highest BCUT2D eigenvalue weighted by atomic mass is 16.6. The lowest BCUT2D eigenvalue weighted by molar-refractivity contribution is -0.132. The van der Waals surface area contributed by atoms with Crippen molar-refractivity contribution < 1.29 is 23.9 Å². The van der Waals surface area contributed by atoms with Crippen LogP contribution in [-0.4, -0.2) is 84.4 Å². The summed E-state index contributed by atoms with van der Waals surface area (Å²) in [6.07, 6.45) is 9.45. The van der Waals surface area contributed by atoms with E-state index in [9.17, 15) is 19.2 Å². The average Bonchev–Trinajstić information content (AvgIpc) is 3.42. The Kier molecular flexibility index (Phi) is 15.3. The molecule has 39 heavy (non-hydrogen) atoms. The predicted octanol–water partition coefficient (Wildman–Crippen LogP) is 3.65. The number of aldehydes is 1. The third-order valence-corrected chi connectivity index (χ3v) is 6.39. The Morgan fingerprint density at radius 1 is 1.13 bits per heavy atom. The number of unbranched alkanes of at least 4 members (excludes halogenated alkanes) is 2. The summed E-state index contributed by atoms with van der Waals surface area (Å²) in [6.45, 7) is 12.5. The van der Waals surface area contributed by atoms with E-state index in [1.165, 1.54) is 0 Å². The Bertz CT molecular complexity index is 863. The van der Waals surface area contributed by atoms with E-state index in [1.807, 2.05) is 57.8 Å². The van der Waals surface area contributed by atoms with Gasteiger partial charge in [0.1, 0.15) is 17.9 Å². The van der Waals surface area contributed by atoms with Crippen molar-refractivity contribution in [2.45, 2.75) is 96.7 Å². The monoisotopic (exact) mass is 547 g/mol. The Hall–Kier alpha value is -3.01. The Morgan fingerprint density at radius 2 is 1.79 bits per heavy atom. The van der Waals surface area contributed by atoms with Gasteiger partial charge in [0.25, 0.3) is 0 Å². The Balaban J connectivity index is 0.000000345. The quantitative estimate of drug-likeness (QED) is 0.429. The molecule has 0 unspecified atom stereocenters. The van der Waals surface area contributed by atoms with Crippen molar-refractivity contribution in [3.8, 4) is 0 Å². The average molecular weight is 548 g/mol. The second-order valence-electron chi connectivity index (χ2n) is 10.9. The first kappa shape index (κ1) is 34.0. The molecule has 0 aliphatic carbocycles. The van der Waals surface area contributed by atoms with E-state index in [4.69, 9.17) is 4.74 Å². The van der Waals surface area contributed by atoms with E-state index in [1.54, 1.807) is 11.1 Å². The minimum atomic E-state index is -0.546. The number of carbonyl (C=O) groups excluding carboxylic acids is 4. The molecule has 10 heteroatoms. The zero-order valence-electron chi connectivity index (χ0n) is 24.7. The van der Waals surface area contributed by atoms with E-state index >= 15 is 0 Å². The second-order valence-corrected chi connectivity index (χ2v) is 10.9. The lowest BCUT2D eigenvalue weighted by Gasteiger charge is -2.47. The van der Waals surface area contributed by atoms with Gasteiger partial charge in [-0.1, -0.05) is 32.8 Å². The van der Waals surface area contributed by atoms with E-state index in [2.05, 4.69) is 22.5 Å². The maximum absolute atomic E-state index is 12.4. The predicted molar refractivity (Wildman–Crippen MR) is 152 cm³/mol. The first-order valence-electron chi connectivity index (χ1n) is 14.1. The maximum atomic E-state index is 12.4. The van der Waals surface area contributed by atoms with E-state index < -0.39 is 17.7 Å². The van der Waals surface area contributed by atoms with Crippen molar-refractivity contribution in [2.24, 2.45) is 0 Å². The summed E-state index contributed by atoms with van der Waals surface area (Å²) in [5.74, 6) is 0.0295. The fourth-order valence-electron chi connectivity index (χ4n) is 4.21. The van der Waals surface area contributed by atoms with Crippen LogP contribution in [0.15, 0.2) is 24.4 Å². The summed E-state index contributed by atoms with van der Waals surface area (Å²) in [5, 5.41) is 5.97. The topological polar surface area (TPSA) is 121 Å². The van der Waals surface area contributed by atoms with Crippen LogP contribution in [0.5, 0.6) is 0 Å². The summed E-state index contributed by atoms with van der Waals surface area (Å²) >= 11 is 0. The molecule has 0 spiro atoms. The number of ether oxygens (including phenoxy) is 1. The minimum absolute atomic E-state index is 0.0295. The molecule has 1 aromatic heterocycles. The van der Waals surface area contributed by atoms with Crippen molar-refractivity contribution in [1.29, 1.82) is 0 Å². The number of pyridine rings is 1. The second kappa shape index (κ2) is 17.6. The minimum Gasteiger partial charge on any atom is -0.444 e. The summed E-state index contributed by atoms with van der Waals surface area (Å²) < 4.78 is 5.24. The Labute approximate surface area is 234 Å². The molecule has 2 fully saturated rings. The van der Waals surface area contributed by atoms with Crippen LogP contribution in [-0.2, 0) is 24.7 Å². The van der Waals surface area contributed by atoms with Crippen LogP contribution in [0.3, 0.4) is 0 Å². The van der Waals surface area contributed by atoms with Crippen LogP contribution >= 0.6 is 0 Å². The van der Waals surface area contributed by atoms with Gasteiger partial charge in [-0.15, -0.1) is 0 Å². The van der Waals surface area contributed by atoms with Gasteiger partial charge in [-0.2, -0.15) is 0 Å². The Morgan fingerprint density at radius 3 is 2.23 bits per heavy atom. The number of rotatable bonds is 10. The van der Waals surface area contributed by atoms with Gasteiger partial charge in [0.05, 0.1) is 11.2 Å². The molecule has 3 heterocycles. The van der Waals surface area contributed by atoms with Crippen LogP contribution in [0.25, 0.3) is 0 Å². The molecule has 3 amide bonds. The first-order valence-corrected chi connectivity index (χ1v) is 14.1. The van der Waals surface area contributed by atoms with Crippen molar-refractivity contribution in [3.05, 3.63) is 30.1 Å².